The van der Waals surface area contributed by atoms with Crippen LogP contribution in [-0.2, 0) is 11.3 Å². The van der Waals surface area contributed by atoms with Crippen molar-refractivity contribution in [3.05, 3.63) is 33.9 Å². The van der Waals surface area contributed by atoms with Crippen LogP contribution in [0.1, 0.15) is 12.0 Å². The van der Waals surface area contributed by atoms with E-state index in [0.717, 1.165) is 31.7 Å². The predicted molar refractivity (Wildman–Crippen MR) is 70.3 cm³/mol. The fraction of sp³-hybridized carbons (Fsp3) is 0.538. The van der Waals surface area contributed by atoms with E-state index in [4.69, 9.17) is 9.47 Å². The van der Waals surface area contributed by atoms with Gasteiger partial charge in [-0.25, -0.2) is 0 Å². The molecule has 1 unspecified atom stereocenters. The molecule has 0 radical (unpaired) electrons. The second-order valence-electron chi connectivity index (χ2n) is 4.61. The van der Waals surface area contributed by atoms with Crippen LogP contribution in [0.25, 0.3) is 0 Å². The third-order valence-electron chi connectivity index (χ3n) is 3.25. The van der Waals surface area contributed by atoms with Crippen molar-refractivity contribution < 1.29 is 14.4 Å². The quantitative estimate of drug-likeness (QED) is 0.627. The number of hydrogen-bond acceptors (Lipinski definition) is 5. The number of nitro groups is 1. The standard InChI is InChI=1S/C13H18N2O4/c1-18-13-3-2-12(15(16)17)6-11(13)8-14-7-10-4-5-19-9-10/h2-3,6,10,14H,4-5,7-9H2,1H3. The molecule has 0 saturated carbocycles. The van der Waals surface area contributed by atoms with Crippen molar-refractivity contribution in [3.8, 4) is 5.75 Å². The lowest BCUT2D eigenvalue weighted by Crippen LogP contribution is -2.22. The molecule has 1 fully saturated rings. The van der Waals surface area contributed by atoms with E-state index in [1.807, 2.05) is 0 Å². The monoisotopic (exact) mass is 266 g/mol. The highest BCUT2D eigenvalue weighted by Gasteiger charge is 2.16. The minimum absolute atomic E-state index is 0.0850. The molecule has 0 aliphatic carbocycles. The van der Waals surface area contributed by atoms with Gasteiger partial charge in [0.2, 0.25) is 0 Å². The topological polar surface area (TPSA) is 73.6 Å². The second-order valence-corrected chi connectivity index (χ2v) is 4.61. The summed E-state index contributed by atoms with van der Waals surface area (Å²) in [6, 6.07) is 4.64. The van der Waals surface area contributed by atoms with Crippen molar-refractivity contribution in [2.75, 3.05) is 26.9 Å². The molecule has 1 aliphatic rings. The highest BCUT2D eigenvalue weighted by molar-refractivity contribution is 5.43. The average Bonchev–Trinajstić information content (AvgIpc) is 2.91. The van der Waals surface area contributed by atoms with Crippen LogP contribution in [0.2, 0.25) is 0 Å². The summed E-state index contributed by atoms with van der Waals surface area (Å²) in [6.07, 6.45) is 1.07. The Morgan fingerprint density at radius 1 is 1.58 bits per heavy atom. The molecule has 0 aromatic heterocycles. The first-order chi connectivity index (χ1) is 9.20. The highest BCUT2D eigenvalue weighted by atomic mass is 16.6. The summed E-state index contributed by atoms with van der Waals surface area (Å²) in [5.74, 6) is 1.20. The zero-order valence-electron chi connectivity index (χ0n) is 10.9. The zero-order valence-corrected chi connectivity index (χ0v) is 10.9. The Balaban J connectivity index is 1.96. The lowest BCUT2D eigenvalue weighted by molar-refractivity contribution is -0.384. The lowest BCUT2D eigenvalue weighted by atomic mass is 10.1. The van der Waals surface area contributed by atoms with Crippen molar-refractivity contribution in [1.29, 1.82) is 0 Å². The summed E-state index contributed by atoms with van der Waals surface area (Å²) >= 11 is 0. The maximum atomic E-state index is 10.8. The molecule has 6 heteroatoms. The molecule has 2 rings (SSSR count). The Morgan fingerprint density at radius 2 is 2.42 bits per heavy atom. The van der Waals surface area contributed by atoms with Gasteiger partial charge in [0.25, 0.3) is 5.69 Å². The summed E-state index contributed by atoms with van der Waals surface area (Å²) in [5, 5.41) is 14.1. The Hall–Kier alpha value is -1.66. The first kappa shape index (κ1) is 13.8. The van der Waals surface area contributed by atoms with Crippen molar-refractivity contribution >= 4 is 5.69 Å². The van der Waals surface area contributed by atoms with Gasteiger partial charge in [-0.2, -0.15) is 0 Å². The maximum Gasteiger partial charge on any atom is 0.270 e. The van der Waals surface area contributed by atoms with E-state index in [-0.39, 0.29) is 5.69 Å². The largest absolute Gasteiger partial charge is 0.496 e. The molecule has 1 heterocycles. The number of methoxy groups -OCH3 is 1. The van der Waals surface area contributed by atoms with E-state index >= 15 is 0 Å². The van der Waals surface area contributed by atoms with Gasteiger partial charge in [-0.05, 0) is 18.4 Å². The normalized spacial score (nSPS) is 18.5. The van der Waals surface area contributed by atoms with Gasteiger partial charge in [0.05, 0.1) is 18.6 Å². The highest BCUT2D eigenvalue weighted by Crippen LogP contribution is 2.24. The van der Waals surface area contributed by atoms with Crippen LogP contribution in [0.4, 0.5) is 5.69 Å². The second kappa shape index (κ2) is 6.49. The lowest BCUT2D eigenvalue weighted by Gasteiger charge is -2.12. The number of nitrogens with one attached hydrogen (secondary N) is 1. The van der Waals surface area contributed by atoms with Gasteiger partial charge < -0.3 is 14.8 Å². The third-order valence-corrected chi connectivity index (χ3v) is 3.25. The minimum atomic E-state index is -0.395. The molecule has 0 amide bonds. The molecule has 1 atom stereocenters. The minimum Gasteiger partial charge on any atom is -0.496 e. The predicted octanol–water partition coefficient (Wildman–Crippen LogP) is 1.73. The first-order valence-corrected chi connectivity index (χ1v) is 6.30. The van der Waals surface area contributed by atoms with Crippen molar-refractivity contribution in [2.45, 2.75) is 13.0 Å². The molecule has 0 spiro atoms. The van der Waals surface area contributed by atoms with Crippen molar-refractivity contribution in [2.24, 2.45) is 5.92 Å². The molecule has 1 aromatic rings. The van der Waals surface area contributed by atoms with Crippen LogP contribution in [0.3, 0.4) is 0 Å². The molecule has 1 aromatic carbocycles. The van der Waals surface area contributed by atoms with Gasteiger partial charge >= 0.3 is 0 Å². The molecule has 0 bridgehead atoms. The van der Waals surface area contributed by atoms with Gasteiger partial charge in [0.1, 0.15) is 5.75 Å². The summed E-state index contributed by atoms with van der Waals surface area (Å²) in [4.78, 5) is 10.4. The van der Waals surface area contributed by atoms with Gasteiger partial charge in [-0.1, -0.05) is 0 Å². The molecule has 19 heavy (non-hydrogen) atoms. The van der Waals surface area contributed by atoms with Gasteiger partial charge in [-0.15, -0.1) is 0 Å². The van der Waals surface area contributed by atoms with Gasteiger partial charge in [0.15, 0.2) is 0 Å². The fourth-order valence-corrected chi connectivity index (χ4v) is 2.17. The van der Waals surface area contributed by atoms with Gasteiger partial charge in [0, 0.05) is 37.4 Å². The van der Waals surface area contributed by atoms with Crippen LogP contribution in [-0.4, -0.2) is 31.8 Å². The van der Waals surface area contributed by atoms with E-state index in [0.29, 0.717) is 18.2 Å². The zero-order chi connectivity index (χ0) is 13.7. The Labute approximate surface area is 111 Å². The number of nitro benzene ring substituents is 1. The van der Waals surface area contributed by atoms with Crippen LogP contribution in [0.15, 0.2) is 18.2 Å². The third kappa shape index (κ3) is 3.65. The smallest absolute Gasteiger partial charge is 0.270 e. The number of nitrogens with zero attached hydrogens (tertiary/aromatic N) is 1. The SMILES string of the molecule is COc1ccc([N+](=O)[O-])cc1CNCC1CCOC1. The summed E-state index contributed by atoms with van der Waals surface area (Å²) < 4.78 is 10.5. The summed E-state index contributed by atoms with van der Waals surface area (Å²) in [7, 11) is 1.56. The molecular formula is C13H18N2O4. The summed E-state index contributed by atoms with van der Waals surface area (Å²) in [6.45, 7) is 3.03. The molecule has 6 nitrogen and oxygen atoms in total. The van der Waals surface area contributed by atoms with Crippen molar-refractivity contribution in [3.63, 3.8) is 0 Å². The molecule has 104 valence electrons. The number of non-ortho nitro benzene ring substituents is 1. The molecule has 1 aliphatic heterocycles. The van der Waals surface area contributed by atoms with Crippen LogP contribution >= 0.6 is 0 Å². The van der Waals surface area contributed by atoms with E-state index in [2.05, 4.69) is 5.32 Å². The average molecular weight is 266 g/mol. The first-order valence-electron chi connectivity index (χ1n) is 6.30. The van der Waals surface area contributed by atoms with E-state index in [9.17, 15) is 10.1 Å². The summed E-state index contributed by atoms with van der Waals surface area (Å²) in [5.41, 5.74) is 0.886. The Kier molecular flexibility index (Phi) is 4.70. The fourth-order valence-electron chi connectivity index (χ4n) is 2.17. The van der Waals surface area contributed by atoms with Crippen LogP contribution in [0.5, 0.6) is 5.75 Å². The van der Waals surface area contributed by atoms with Crippen LogP contribution in [0, 0.1) is 16.0 Å². The number of hydrogen-bond donors (Lipinski definition) is 1. The Morgan fingerprint density at radius 3 is 3.05 bits per heavy atom. The van der Waals surface area contributed by atoms with Gasteiger partial charge in [-0.3, -0.25) is 10.1 Å². The number of ether oxygens (including phenoxy) is 2. The molecule has 1 N–H and O–H groups in total. The van der Waals surface area contributed by atoms with E-state index < -0.39 is 4.92 Å². The van der Waals surface area contributed by atoms with Crippen molar-refractivity contribution in [1.82, 2.24) is 5.32 Å². The van der Waals surface area contributed by atoms with E-state index in [1.54, 1.807) is 19.2 Å². The Bertz CT molecular complexity index is 444. The maximum absolute atomic E-state index is 10.8. The van der Waals surface area contributed by atoms with Crippen LogP contribution < -0.4 is 10.1 Å². The molecular weight excluding hydrogens is 248 g/mol. The van der Waals surface area contributed by atoms with E-state index in [1.165, 1.54) is 6.07 Å². The number of benzene rings is 1. The molecule has 1 saturated heterocycles. The number of rotatable bonds is 6.